The van der Waals surface area contributed by atoms with E-state index in [4.69, 9.17) is 5.73 Å². The third-order valence-electron chi connectivity index (χ3n) is 2.96. The zero-order valence-corrected chi connectivity index (χ0v) is 10.8. The monoisotopic (exact) mass is 214 g/mol. The first kappa shape index (κ1) is 14.4. The Bertz CT molecular complexity index is 192. The number of nitrogens with zero attached hydrogens (tertiary/aromatic N) is 1. The van der Waals surface area contributed by atoms with Crippen LogP contribution in [0.4, 0.5) is 0 Å². The Kier molecular flexibility index (Phi) is 6.57. The number of carbonyl (C=O) groups is 1. The molecule has 0 aliphatic rings. The van der Waals surface area contributed by atoms with Crippen molar-refractivity contribution in [2.45, 2.75) is 46.6 Å². The zero-order chi connectivity index (χ0) is 12.0. The van der Waals surface area contributed by atoms with E-state index in [9.17, 15) is 4.79 Å². The van der Waals surface area contributed by atoms with Gasteiger partial charge in [0.15, 0.2) is 0 Å². The molecule has 2 atom stereocenters. The molecule has 0 heterocycles. The second-order valence-corrected chi connectivity index (χ2v) is 4.85. The molecule has 0 aliphatic heterocycles. The van der Waals surface area contributed by atoms with Crippen molar-refractivity contribution in [1.82, 2.24) is 4.90 Å². The second kappa shape index (κ2) is 6.83. The van der Waals surface area contributed by atoms with E-state index in [1.165, 1.54) is 0 Å². The topological polar surface area (TPSA) is 46.3 Å². The largest absolute Gasteiger partial charge is 0.344 e. The third kappa shape index (κ3) is 5.17. The maximum atomic E-state index is 11.9. The molecule has 0 radical (unpaired) electrons. The Balaban J connectivity index is 4.07. The summed E-state index contributed by atoms with van der Waals surface area (Å²) in [6, 6.07) is -0.341. The highest BCUT2D eigenvalue weighted by atomic mass is 16.2. The predicted molar refractivity (Wildman–Crippen MR) is 64.5 cm³/mol. The molecule has 0 fully saturated rings. The molecule has 0 aliphatic carbocycles. The highest BCUT2D eigenvalue weighted by molar-refractivity contribution is 5.81. The standard InChI is InChI=1S/C12H26N2O/c1-6-10(4)11(13)12(15)14(5)8-7-9(2)3/h9-11H,6-8,13H2,1-5H3/t10-,11-/m0/s1. The summed E-state index contributed by atoms with van der Waals surface area (Å²) in [6.07, 6.45) is 1.99. The molecular weight excluding hydrogens is 188 g/mol. The van der Waals surface area contributed by atoms with Crippen LogP contribution in [0.2, 0.25) is 0 Å². The van der Waals surface area contributed by atoms with Gasteiger partial charge < -0.3 is 10.6 Å². The van der Waals surface area contributed by atoms with Crippen LogP contribution >= 0.6 is 0 Å². The van der Waals surface area contributed by atoms with E-state index in [2.05, 4.69) is 20.8 Å². The minimum absolute atomic E-state index is 0.0741. The lowest BCUT2D eigenvalue weighted by Crippen LogP contribution is -2.45. The summed E-state index contributed by atoms with van der Waals surface area (Å²) in [6.45, 7) is 9.21. The Labute approximate surface area is 94.0 Å². The van der Waals surface area contributed by atoms with E-state index in [1.54, 1.807) is 4.90 Å². The molecule has 0 aromatic carbocycles. The van der Waals surface area contributed by atoms with Gasteiger partial charge in [0.1, 0.15) is 0 Å². The van der Waals surface area contributed by atoms with Gasteiger partial charge in [-0.05, 0) is 18.3 Å². The Morgan fingerprint density at radius 2 is 1.87 bits per heavy atom. The molecule has 3 nitrogen and oxygen atoms in total. The molecular formula is C12H26N2O. The van der Waals surface area contributed by atoms with Crippen LogP contribution in [0.15, 0.2) is 0 Å². The highest BCUT2D eigenvalue weighted by Gasteiger charge is 2.22. The number of amides is 1. The fourth-order valence-corrected chi connectivity index (χ4v) is 1.31. The second-order valence-electron chi connectivity index (χ2n) is 4.85. The number of rotatable bonds is 6. The number of carbonyl (C=O) groups excluding carboxylic acids is 1. The van der Waals surface area contributed by atoms with E-state index in [1.807, 2.05) is 14.0 Å². The van der Waals surface area contributed by atoms with Crippen LogP contribution in [-0.4, -0.2) is 30.4 Å². The van der Waals surface area contributed by atoms with Gasteiger partial charge in [-0.1, -0.05) is 34.1 Å². The van der Waals surface area contributed by atoms with E-state index < -0.39 is 0 Å². The van der Waals surface area contributed by atoms with Crippen LogP contribution in [0.5, 0.6) is 0 Å². The quantitative estimate of drug-likeness (QED) is 0.733. The van der Waals surface area contributed by atoms with Crippen molar-refractivity contribution in [2.75, 3.05) is 13.6 Å². The summed E-state index contributed by atoms with van der Waals surface area (Å²) in [5, 5.41) is 0. The van der Waals surface area contributed by atoms with Gasteiger partial charge in [-0.2, -0.15) is 0 Å². The molecule has 0 spiro atoms. The normalized spacial score (nSPS) is 15.1. The molecule has 0 aromatic heterocycles. The summed E-state index contributed by atoms with van der Waals surface area (Å²) >= 11 is 0. The molecule has 0 bridgehead atoms. The fourth-order valence-electron chi connectivity index (χ4n) is 1.31. The predicted octanol–water partition coefficient (Wildman–Crippen LogP) is 1.86. The summed E-state index contributed by atoms with van der Waals surface area (Å²) < 4.78 is 0. The zero-order valence-electron chi connectivity index (χ0n) is 10.8. The molecule has 2 N–H and O–H groups in total. The van der Waals surface area contributed by atoms with Crippen LogP contribution in [0.1, 0.15) is 40.5 Å². The maximum Gasteiger partial charge on any atom is 0.239 e. The lowest BCUT2D eigenvalue weighted by atomic mass is 9.99. The SMILES string of the molecule is CC[C@H](C)[C@H](N)C(=O)N(C)CCC(C)C. The van der Waals surface area contributed by atoms with Crippen LogP contribution in [-0.2, 0) is 4.79 Å². The van der Waals surface area contributed by atoms with Crippen molar-refractivity contribution >= 4 is 5.91 Å². The van der Waals surface area contributed by atoms with E-state index in [0.29, 0.717) is 5.92 Å². The summed E-state index contributed by atoms with van der Waals surface area (Å²) in [5.74, 6) is 0.962. The lowest BCUT2D eigenvalue weighted by Gasteiger charge is -2.25. The molecule has 90 valence electrons. The number of hydrogen-bond acceptors (Lipinski definition) is 2. The smallest absolute Gasteiger partial charge is 0.239 e. The molecule has 0 rings (SSSR count). The van der Waals surface area contributed by atoms with Gasteiger partial charge in [0.05, 0.1) is 6.04 Å². The minimum atomic E-state index is -0.341. The molecule has 0 unspecified atom stereocenters. The van der Waals surface area contributed by atoms with Crippen LogP contribution in [0.25, 0.3) is 0 Å². The van der Waals surface area contributed by atoms with Gasteiger partial charge in [-0.25, -0.2) is 0 Å². The minimum Gasteiger partial charge on any atom is -0.344 e. The van der Waals surface area contributed by atoms with Gasteiger partial charge >= 0.3 is 0 Å². The summed E-state index contributed by atoms with van der Waals surface area (Å²) in [5.41, 5.74) is 5.89. The van der Waals surface area contributed by atoms with Crippen LogP contribution in [0.3, 0.4) is 0 Å². The first-order chi connectivity index (χ1) is 6.90. The van der Waals surface area contributed by atoms with E-state index in [-0.39, 0.29) is 17.9 Å². The lowest BCUT2D eigenvalue weighted by molar-refractivity contribution is -0.132. The third-order valence-corrected chi connectivity index (χ3v) is 2.96. The number of likely N-dealkylation sites (N-methyl/N-ethyl adjacent to an activating group) is 1. The van der Waals surface area contributed by atoms with Gasteiger partial charge in [-0.15, -0.1) is 0 Å². The van der Waals surface area contributed by atoms with Crippen molar-refractivity contribution in [3.05, 3.63) is 0 Å². The number of nitrogens with two attached hydrogens (primary N) is 1. The van der Waals surface area contributed by atoms with Crippen molar-refractivity contribution in [2.24, 2.45) is 17.6 Å². The fraction of sp³-hybridized carbons (Fsp3) is 0.917. The van der Waals surface area contributed by atoms with Crippen LogP contribution < -0.4 is 5.73 Å². The number of hydrogen-bond donors (Lipinski definition) is 1. The molecule has 1 amide bonds. The van der Waals surface area contributed by atoms with Crippen molar-refractivity contribution in [3.63, 3.8) is 0 Å². The van der Waals surface area contributed by atoms with Crippen molar-refractivity contribution in [1.29, 1.82) is 0 Å². The van der Waals surface area contributed by atoms with Crippen molar-refractivity contribution in [3.8, 4) is 0 Å². The van der Waals surface area contributed by atoms with Crippen molar-refractivity contribution < 1.29 is 4.79 Å². The molecule has 15 heavy (non-hydrogen) atoms. The Morgan fingerprint density at radius 3 is 2.27 bits per heavy atom. The van der Waals surface area contributed by atoms with Gasteiger partial charge in [0.2, 0.25) is 5.91 Å². The molecule has 3 heteroatoms. The van der Waals surface area contributed by atoms with E-state index in [0.717, 1.165) is 19.4 Å². The molecule has 0 aromatic rings. The highest BCUT2D eigenvalue weighted by Crippen LogP contribution is 2.09. The molecule has 0 saturated heterocycles. The average molecular weight is 214 g/mol. The van der Waals surface area contributed by atoms with Gasteiger partial charge in [-0.3, -0.25) is 4.79 Å². The average Bonchev–Trinajstić information content (AvgIpc) is 2.22. The van der Waals surface area contributed by atoms with Gasteiger partial charge in [0, 0.05) is 13.6 Å². The Morgan fingerprint density at radius 1 is 1.33 bits per heavy atom. The first-order valence-electron chi connectivity index (χ1n) is 5.90. The van der Waals surface area contributed by atoms with Gasteiger partial charge in [0.25, 0.3) is 0 Å². The van der Waals surface area contributed by atoms with E-state index >= 15 is 0 Å². The maximum absolute atomic E-state index is 11.9. The van der Waals surface area contributed by atoms with Crippen LogP contribution in [0, 0.1) is 11.8 Å². The Hall–Kier alpha value is -0.570. The summed E-state index contributed by atoms with van der Waals surface area (Å²) in [7, 11) is 1.84. The molecule has 0 saturated carbocycles. The first-order valence-corrected chi connectivity index (χ1v) is 5.90. The summed E-state index contributed by atoms with van der Waals surface area (Å²) in [4.78, 5) is 13.6.